The van der Waals surface area contributed by atoms with E-state index in [1.165, 1.54) is 11.8 Å². The third-order valence-corrected chi connectivity index (χ3v) is 3.35. The Morgan fingerprint density at radius 3 is 2.81 bits per heavy atom. The summed E-state index contributed by atoms with van der Waals surface area (Å²) in [5.41, 5.74) is 0.651. The smallest absolute Gasteiger partial charge is 0.234 e. The number of nitrogens with one attached hydrogen (secondary N) is 1. The van der Waals surface area contributed by atoms with E-state index < -0.39 is 0 Å². The highest BCUT2D eigenvalue weighted by Crippen LogP contribution is 2.25. The molecule has 0 aliphatic rings. The molecule has 2 nitrogen and oxygen atoms in total. The van der Waals surface area contributed by atoms with Gasteiger partial charge in [0.05, 0.1) is 15.8 Å². The molecule has 0 heterocycles. The first kappa shape index (κ1) is 13.4. The molecular formula is C11H11Cl2NOS. The van der Waals surface area contributed by atoms with Gasteiger partial charge in [-0.3, -0.25) is 4.79 Å². The molecule has 0 aromatic heterocycles. The van der Waals surface area contributed by atoms with Crippen LogP contribution in [0.15, 0.2) is 30.9 Å². The Labute approximate surface area is 109 Å². The number of halogens is 2. The molecule has 5 heteroatoms. The number of benzene rings is 1. The van der Waals surface area contributed by atoms with Gasteiger partial charge in [0.1, 0.15) is 0 Å². The maximum Gasteiger partial charge on any atom is 0.234 e. The van der Waals surface area contributed by atoms with Gasteiger partial charge >= 0.3 is 0 Å². The molecular weight excluding hydrogens is 265 g/mol. The van der Waals surface area contributed by atoms with Crippen LogP contribution in [0.4, 0.5) is 5.69 Å². The molecule has 16 heavy (non-hydrogen) atoms. The summed E-state index contributed by atoms with van der Waals surface area (Å²) < 4.78 is 0. The molecule has 0 aliphatic heterocycles. The zero-order valence-corrected chi connectivity index (χ0v) is 10.8. The van der Waals surface area contributed by atoms with Crippen LogP contribution in [0.5, 0.6) is 0 Å². The van der Waals surface area contributed by atoms with Gasteiger partial charge in [0.2, 0.25) is 5.91 Å². The van der Waals surface area contributed by atoms with Crippen molar-refractivity contribution in [2.24, 2.45) is 0 Å². The first-order valence-electron chi connectivity index (χ1n) is 4.57. The topological polar surface area (TPSA) is 29.1 Å². The number of amides is 1. The lowest BCUT2D eigenvalue weighted by molar-refractivity contribution is -0.113. The maximum absolute atomic E-state index is 11.4. The molecule has 86 valence electrons. The van der Waals surface area contributed by atoms with E-state index in [4.69, 9.17) is 23.2 Å². The Morgan fingerprint density at radius 1 is 1.44 bits per heavy atom. The lowest BCUT2D eigenvalue weighted by atomic mass is 10.3. The Balaban J connectivity index is 2.49. The lowest BCUT2D eigenvalue weighted by Crippen LogP contribution is -2.14. The highest BCUT2D eigenvalue weighted by molar-refractivity contribution is 8.00. The van der Waals surface area contributed by atoms with Gasteiger partial charge in [-0.1, -0.05) is 29.3 Å². The normalized spacial score (nSPS) is 9.88. The molecule has 0 saturated carbocycles. The number of anilines is 1. The molecule has 0 bridgehead atoms. The predicted molar refractivity (Wildman–Crippen MR) is 72.6 cm³/mol. The van der Waals surface area contributed by atoms with Crippen LogP contribution in [-0.2, 0) is 4.79 Å². The minimum atomic E-state index is -0.0646. The van der Waals surface area contributed by atoms with E-state index in [2.05, 4.69) is 11.9 Å². The summed E-state index contributed by atoms with van der Waals surface area (Å²) in [6.45, 7) is 3.58. The van der Waals surface area contributed by atoms with Crippen LogP contribution in [0.1, 0.15) is 0 Å². The first-order valence-corrected chi connectivity index (χ1v) is 6.48. The van der Waals surface area contributed by atoms with E-state index in [9.17, 15) is 4.79 Å². The van der Waals surface area contributed by atoms with Crippen molar-refractivity contribution in [3.8, 4) is 0 Å². The van der Waals surface area contributed by atoms with E-state index in [-0.39, 0.29) is 5.91 Å². The molecule has 1 aromatic carbocycles. The van der Waals surface area contributed by atoms with Gasteiger partial charge in [-0.2, -0.15) is 0 Å². The molecule has 1 amide bonds. The minimum Gasteiger partial charge on any atom is -0.325 e. The van der Waals surface area contributed by atoms with Crippen LogP contribution < -0.4 is 5.32 Å². The molecule has 1 rings (SSSR count). The van der Waals surface area contributed by atoms with Crippen molar-refractivity contribution >= 4 is 46.6 Å². The van der Waals surface area contributed by atoms with Gasteiger partial charge in [-0.15, -0.1) is 18.3 Å². The van der Waals surface area contributed by atoms with Crippen molar-refractivity contribution in [3.05, 3.63) is 40.9 Å². The first-order chi connectivity index (χ1) is 7.63. The molecule has 1 N–H and O–H groups in total. The quantitative estimate of drug-likeness (QED) is 0.653. The lowest BCUT2D eigenvalue weighted by Gasteiger charge is -2.05. The molecule has 0 radical (unpaired) electrons. The van der Waals surface area contributed by atoms with Gasteiger partial charge in [-0.05, 0) is 18.2 Å². The summed E-state index contributed by atoms with van der Waals surface area (Å²) in [7, 11) is 0. The molecule has 0 atom stereocenters. The summed E-state index contributed by atoms with van der Waals surface area (Å²) >= 11 is 13.1. The second-order valence-corrected chi connectivity index (χ2v) is 4.83. The van der Waals surface area contributed by atoms with Crippen LogP contribution in [0.2, 0.25) is 10.0 Å². The second-order valence-electron chi connectivity index (χ2n) is 2.98. The van der Waals surface area contributed by atoms with Crippen molar-refractivity contribution < 1.29 is 4.79 Å². The number of carbonyl (C=O) groups excluding carboxylic acids is 1. The molecule has 0 aliphatic carbocycles. The van der Waals surface area contributed by atoms with Crippen LogP contribution >= 0.6 is 35.0 Å². The van der Waals surface area contributed by atoms with E-state index in [0.29, 0.717) is 21.5 Å². The van der Waals surface area contributed by atoms with Crippen molar-refractivity contribution in [3.63, 3.8) is 0 Å². The summed E-state index contributed by atoms with van der Waals surface area (Å²) in [5.74, 6) is 1.09. The molecule has 0 unspecified atom stereocenters. The average molecular weight is 276 g/mol. The highest BCUT2D eigenvalue weighted by Gasteiger charge is 2.04. The standard InChI is InChI=1S/C11H11Cl2NOS/c1-2-5-16-7-11(15)14-8-3-4-9(12)10(13)6-8/h2-4,6H,1,5,7H2,(H,14,15). The third kappa shape index (κ3) is 4.47. The van der Waals surface area contributed by atoms with Crippen LogP contribution in [-0.4, -0.2) is 17.4 Å². The highest BCUT2D eigenvalue weighted by atomic mass is 35.5. The van der Waals surface area contributed by atoms with E-state index >= 15 is 0 Å². The number of hydrogen-bond acceptors (Lipinski definition) is 2. The van der Waals surface area contributed by atoms with Crippen molar-refractivity contribution in [2.75, 3.05) is 16.8 Å². The fraction of sp³-hybridized carbons (Fsp3) is 0.182. The fourth-order valence-electron chi connectivity index (χ4n) is 1.01. The Bertz CT molecular complexity index is 396. The molecule has 0 spiro atoms. The number of hydrogen-bond donors (Lipinski definition) is 1. The maximum atomic E-state index is 11.4. The summed E-state index contributed by atoms with van der Waals surface area (Å²) in [5, 5.41) is 3.63. The van der Waals surface area contributed by atoms with Gasteiger partial charge in [0.15, 0.2) is 0 Å². The van der Waals surface area contributed by atoms with Gasteiger partial charge in [-0.25, -0.2) is 0 Å². The monoisotopic (exact) mass is 275 g/mol. The Kier molecular flexibility index (Phi) is 5.74. The fourth-order valence-corrected chi connectivity index (χ4v) is 1.85. The van der Waals surface area contributed by atoms with Crippen LogP contribution in [0.3, 0.4) is 0 Å². The van der Waals surface area contributed by atoms with Crippen molar-refractivity contribution in [2.45, 2.75) is 0 Å². The zero-order chi connectivity index (χ0) is 12.0. The molecule has 0 saturated heterocycles. The van der Waals surface area contributed by atoms with Gasteiger partial charge in [0, 0.05) is 11.4 Å². The Hall–Kier alpha value is -0.640. The van der Waals surface area contributed by atoms with Gasteiger partial charge in [0.25, 0.3) is 0 Å². The second kappa shape index (κ2) is 6.84. The molecule has 0 fully saturated rings. The summed E-state index contributed by atoms with van der Waals surface area (Å²) in [6, 6.07) is 4.99. The zero-order valence-electron chi connectivity index (χ0n) is 8.50. The SMILES string of the molecule is C=CCSCC(=O)Nc1ccc(Cl)c(Cl)c1. The van der Waals surface area contributed by atoms with Crippen LogP contribution in [0, 0.1) is 0 Å². The number of carbonyl (C=O) groups is 1. The van der Waals surface area contributed by atoms with E-state index in [1.807, 2.05) is 0 Å². The van der Waals surface area contributed by atoms with Crippen LogP contribution in [0.25, 0.3) is 0 Å². The van der Waals surface area contributed by atoms with Crippen molar-refractivity contribution in [1.82, 2.24) is 0 Å². The van der Waals surface area contributed by atoms with Crippen molar-refractivity contribution in [1.29, 1.82) is 0 Å². The molecule has 1 aromatic rings. The van der Waals surface area contributed by atoms with E-state index in [1.54, 1.807) is 24.3 Å². The van der Waals surface area contributed by atoms with E-state index in [0.717, 1.165) is 5.75 Å². The predicted octanol–water partition coefficient (Wildman–Crippen LogP) is 3.85. The number of rotatable bonds is 5. The minimum absolute atomic E-state index is 0.0646. The summed E-state index contributed by atoms with van der Waals surface area (Å²) in [4.78, 5) is 11.4. The third-order valence-electron chi connectivity index (χ3n) is 1.67. The average Bonchev–Trinajstić information content (AvgIpc) is 2.24. The number of thioether (sulfide) groups is 1. The van der Waals surface area contributed by atoms with Gasteiger partial charge < -0.3 is 5.32 Å². The largest absolute Gasteiger partial charge is 0.325 e. The summed E-state index contributed by atoms with van der Waals surface area (Å²) in [6.07, 6.45) is 1.76. The Morgan fingerprint density at radius 2 is 2.19 bits per heavy atom.